The number of rotatable bonds is 3. The first-order valence-electron chi connectivity index (χ1n) is 5.88. The van der Waals surface area contributed by atoms with E-state index in [1.54, 1.807) is 7.05 Å². The van der Waals surface area contributed by atoms with E-state index in [9.17, 15) is 13.2 Å². The van der Waals surface area contributed by atoms with Crippen LogP contribution in [0.3, 0.4) is 0 Å². The molecule has 0 N–H and O–H groups in total. The predicted octanol–water partition coefficient (Wildman–Crippen LogP) is 2.36. The topological polar surface area (TPSA) is 25.4 Å². The summed E-state index contributed by atoms with van der Waals surface area (Å²) in [6.45, 7) is 1.93. The van der Waals surface area contributed by atoms with Crippen molar-refractivity contribution < 1.29 is 17.9 Å². The van der Waals surface area contributed by atoms with Crippen LogP contribution in [-0.4, -0.2) is 31.8 Å². The smallest absolute Gasteiger partial charge is 0.251 e. The maximum absolute atomic E-state index is 13.5. The molecular formula is C12H15F3N2O. The molecule has 0 atom stereocenters. The van der Waals surface area contributed by atoms with E-state index >= 15 is 0 Å². The van der Waals surface area contributed by atoms with Crippen LogP contribution in [0.1, 0.15) is 12.8 Å². The molecule has 100 valence electrons. The quantitative estimate of drug-likeness (QED) is 0.780. The van der Waals surface area contributed by atoms with Crippen molar-refractivity contribution in [3.05, 3.63) is 23.6 Å². The number of hydrogen-bond acceptors (Lipinski definition) is 3. The van der Waals surface area contributed by atoms with Gasteiger partial charge in [-0.2, -0.15) is 9.37 Å². The summed E-state index contributed by atoms with van der Waals surface area (Å²) in [5.41, 5.74) is 0. The molecule has 0 amide bonds. The van der Waals surface area contributed by atoms with Crippen molar-refractivity contribution in [3.63, 3.8) is 0 Å². The molecular weight excluding hydrogens is 245 g/mol. The minimum Gasteiger partial charge on any atom is -0.381 e. The molecule has 2 rings (SSSR count). The summed E-state index contributed by atoms with van der Waals surface area (Å²) in [6, 6.07) is 0.526. The molecule has 1 fully saturated rings. The van der Waals surface area contributed by atoms with E-state index in [1.165, 1.54) is 4.90 Å². The van der Waals surface area contributed by atoms with Gasteiger partial charge < -0.3 is 9.64 Å². The van der Waals surface area contributed by atoms with Gasteiger partial charge in [-0.05, 0) is 18.8 Å². The minimum atomic E-state index is -1.27. The van der Waals surface area contributed by atoms with Crippen LogP contribution >= 0.6 is 0 Å². The number of pyridine rings is 1. The van der Waals surface area contributed by atoms with E-state index in [4.69, 9.17) is 4.74 Å². The van der Waals surface area contributed by atoms with E-state index in [2.05, 4.69) is 4.98 Å². The molecule has 1 aromatic heterocycles. The van der Waals surface area contributed by atoms with Crippen LogP contribution < -0.4 is 4.90 Å². The number of anilines is 1. The van der Waals surface area contributed by atoms with Crippen LogP contribution in [0, 0.1) is 23.5 Å². The van der Waals surface area contributed by atoms with Crippen molar-refractivity contribution in [2.45, 2.75) is 12.8 Å². The SMILES string of the molecule is CN(CC1CCOCC1)c1nc(F)c(F)cc1F. The van der Waals surface area contributed by atoms with E-state index in [0.29, 0.717) is 31.7 Å². The fraction of sp³-hybridized carbons (Fsp3) is 0.583. The first-order valence-corrected chi connectivity index (χ1v) is 5.88. The third kappa shape index (κ3) is 2.93. The Hall–Kier alpha value is -1.30. The monoisotopic (exact) mass is 260 g/mol. The highest BCUT2D eigenvalue weighted by Crippen LogP contribution is 2.21. The Labute approximate surface area is 104 Å². The lowest BCUT2D eigenvalue weighted by Crippen LogP contribution is -2.30. The van der Waals surface area contributed by atoms with Gasteiger partial charge in [0.15, 0.2) is 17.5 Å². The van der Waals surface area contributed by atoms with Gasteiger partial charge in [-0.1, -0.05) is 0 Å². The predicted molar refractivity (Wildman–Crippen MR) is 60.9 cm³/mol. The Bertz CT molecular complexity index is 422. The second kappa shape index (κ2) is 5.56. The Morgan fingerprint density at radius 3 is 2.61 bits per heavy atom. The summed E-state index contributed by atoms with van der Waals surface area (Å²) >= 11 is 0. The molecule has 1 saturated heterocycles. The Morgan fingerprint density at radius 1 is 1.28 bits per heavy atom. The van der Waals surface area contributed by atoms with Gasteiger partial charge in [-0.15, -0.1) is 0 Å². The van der Waals surface area contributed by atoms with Crippen molar-refractivity contribution in [2.75, 3.05) is 31.7 Å². The second-order valence-corrected chi connectivity index (χ2v) is 4.50. The summed E-state index contributed by atoms with van der Waals surface area (Å²) in [7, 11) is 1.62. The Kier molecular flexibility index (Phi) is 4.06. The van der Waals surface area contributed by atoms with Crippen LogP contribution in [0.5, 0.6) is 0 Å². The van der Waals surface area contributed by atoms with Crippen LogP contribution in [0.4, 0.5) is 19.0 Å². The molecule has 0 aromatic carbocycles. The second-order valence-electron chi connectivity index (χ2n) is 4.50. The van der Waals surface area contributed by atoms with Crippen LogP contribution in [0.15, 0.2) is 6.07 Å². The van der Waals surface area contributed by atoms with Crippen LogP contribution in [0.2, 0.25) is 0 Å². The number of nitrogens with zero attached hydrogens (tertiary/aromatic N) is 2. The van der Waals surface area contributed by atoms with Crippen LogP contribution in [0.25, 0.3) is 0 Å². The molecule has 1 aliphatic rings. The van der Waals surface area contributed by atoms with E-state index in [1.807, 2.05) is 0 Å². The average Bonchev–Trinajstić information content (AvgIpc) is 2.35. The van der Waals surface area contributed by atoms with Gasteiger partial charge in [0, 0.05) is 32.9 Å². The van der Waals surface area contributed by atoms with E-state index < -0.39 is 17.6 Å². The molecule has 1 aliphatic heterocycles. The molecule has 0 bridgehead atoms. The fourth-order valence-electron chi connectivity index (χ4n) is 2.11. The van der Waals surface area contributed by atoms with Gasteiger partial charge in [-0.25, -0.2) is 8.78 Å². The summed E-state index contributed by atoms with van der Waals surface area (Å²) in [6.07, 6.45) is 1.77. The van der Waals surface area contributed by atoms with Gasteiger partial charge in [0.25, 0.3) is 5.95 Å². The lowest BCUT2D eigenvalue weighted by atomic mass is 10.00. The highest BCUT2D eigenvalue weighted by molar-refractivity contribution is 5.39. The van der Waals surface area contributed by atoms with Gasteiger partial charge in [0.2, 0.25) is 0 Å². The van der Waals surface area contributed by atoms with E-state index in [0.717, 1.165) is 12.8 Å². The molecule has 0 radical (unpaired) electrons. The molecule has 2 heterocycles. The molecule has 0 unspecified atom stereocenters. The van der Waals surface area contributed by atoms with E-state index in [-0.39, 0.29) is 5.82 Å². The number of aromatic nitrogens is 1. The van der Waals surface area contributed by atoms with Crippen LogP contribution in [-0.2, 0) is 4.74 Å². The normalized spacial score (nSPS) is 16.9. The molecule has 18 heavy (non-hydrogen) atoms. The average molecular weight is 260 g/mol. The lowest BCUT2D eigenvalue weighted by molar-refractivity contribution is 0.0684. The maximum atomic E-state index is 13.5. The lowest BCUT2D eigenvalue weighted by Gasteiger charge is -2.27. The summed E-state index contributed by atoms with van der Waals surface area (Å²) < 4.78 is 44.5. The van der Waals surface area contributed by atoms with Crippen molar-refractivity contribution in [1.29, 1.82) is 0 Å². The minimum absolute atomic E-state index is 0.152. The summed E-state index contributed by atoms with van der Waals surface area (Å²) in [5.74, 6) is -3.18. The summed E-state index contributed by atoms with van der Waals surface area (Å²) in [5, 5.41) is 0. The zero-order valence-corrected chi connectivity index (χ0v) is 10.1. The molecule has 0 aliphatic carbocycles. The van der Waals surface area contributed by atoms with Crippen molar-refractivity contribution >= 4 is 5.82 Å². The Morgan fingerprint density at radius 2 is 1.94 bits per heavy atom. The van der Waals surface area contributed by atoms with Crippen molar-refractivity contribution in [3.8, 4) is 0 Å². The number of ether oxygens (including phenoxy) is 1. The first-order chi connectivity index (χ1) is 8.58. The van der Waals surface area contributed by atoms with Crippen molar-refractivity contribution in [2.24, 2.45) is 5.92 Å². The van der Waals surface area contributed by atoms with Gasteiger partial charge in [-0.3, -0.25) is 0 Å². The maximum Gasteiger partial charge on any atom is 0.251 e. The Balaban J connectivity index is 2.08. The molecule has 6 heteroatoms. The van der Waals surface area contributed by atoms with Gasteiger partial charge in [0.1, 0.15) is 0 Å². The molecule has 0 spiro atoms. The van der Waals surface area contributed by atoms with Crippen molar-refractivity contribution in [1.82, 2.24) is 4.98 Å². The standard InChI is InChI=1S/C12H15F3N2O/c1-17(7-8-2-4-18-5-3-8)12-10(14)6-9(13)11(15)16-12/h6,8H,2-5,7H2,1H3. The zero-order chi connectivity index (χ0) is 13.1. The molecule has 3 nitrogen and oxygen atoms in total. The molecule has 0 saturated carbocycles. The molecule has 1 aromatic rings. The third-order valence-corrected chi connectivity index (χ3v) is 3.10. The highest BCUT2D eigenvalue weighted by atomic mass is 19.2. The summed E-state index contributed by atoms with van der Waals surface area (Å²) in [4.78, 5) is 4.84. The first kappa shape index (κ1) is 13.1. The third-order valence-electron chi connectivity index (χ3n) is 3.10. The zero-order valence-electron chi connectivity index (χ0n) is 10.1. The number of hydrogen-bond donors (Lipinski definition) is 0. The fourth-order valence-corrected chi connectivity index (χ4v) is 2.11. The van der Waals surface area contributed by atoms with Gasteiger partial charge in [0.05, 0.1) is 0 Å². The van der Waals surface area contributed by atoms with Gasteiger partial charge >= 0.3 is 0 Å². The highest BCUT2D eigenvalue weighted by Gasteiger charge is 2.20. The number of halogens is 3. The largest absolute Gasteiger partial charge is 0.381 e.